The molecule has 0 aromatic heterocycles. The molecule has 2 unspecified atom stereocenters. The first kappa shape index (κ1) is 19.6. The molecule has 0 saturated heterocycles. The van der Waals surface area contributed by atoms with Crippen molar-refractivity contribution < 1.29 is 17.9 Å². The fourth-order valence-electron chi connectivity index (χ4n) is 5.78. The second-order valence-corrected chi connectivity index (χ2v) is 8.77. The third-order valence-corrected chi connectivity index (χ3v) is 7.20. The van der Waals surface area contributed by atoms with Crippen LogP contribution in [0.4, 0.5) is 13.2 Å². The van der Waals surface area contributed by atoms with Crippen LogP contribution in [0.2, 0.25) is 0 Å². The maximum Gasteiger partial charge on any atom is 0.201 e. The van der Waals surface area contributed by atoms with Gasteiger partial charge in [0.25, 0.3) is 0 Å². The summed E-state index contributed by atoms with van der Waals surface area (Å²) in [6.07, 6.45) is 9.40. The van der Waals surface area contributed by atoms with Crippen molar-refractivity contribution in [3.8, 4) is 5.75 Å². The van der Waals surface area contributed by atoms with Crippen LogP contribution in [0.15, 0.2) is 18.2 Å². The van der Waals surface area contributed by atoms with Crippen LogP contribution >= 0.6 is 0 Å². The van der Waals surface area contributed by atoms with E-state index in [0.29, 0.717) is 16.9 Å². The number of halogens is 3. The number of rotatable bonds is 4. The monoisotopic (exact) mass is 390 g/mol. The van der Waals surface area contributed by atoms with Crippen molar-refractivity contribution in [3.05, 3.63) is 41.2 Å². The highest BCUT2D eigenvalue weighted by Gasteiger charge is 2.36. The number of ether oxygens (including phenoxy) is 1. The average Bonchev–Trinajstić information content (AvgIpc) is 2.70. The van der Waals surface area contributed by atoms with E-state index in [4.69, 9.17) is 4.74 Å². The van der Waals surface area contributed by atoms with E-state index in [2.05, 4.69) is 6.92 Å². The van der Waals surface area contributed by atoms with Gasteiger partial charge in [-0.15, -0.1) is 0 Å². The van der Waals surface area contributed by atoms with Crippen LogP contribution in [0.3, 0.4) is 0 Å². The van der Waals surface area contributed by atoms with E-state index in [0.717, 1.165) is 31.1 Å². The summed E-state index contributed by atoms with van der Waals surface area (Å²) in [4.78, 5) is 0. The Balaban J connectivity index is 1.60. The van der Waals surface area contributed by atoms with Gasteiger partial charge in [0.05, 0.1) is 12.5 Å². The second kappa shape index (κ2) is 7.96. The molecule has 2 aliphatic carbocycles. The molecule has 152 valence electrons. The van der Waals surface area contributed by atoms with Gasteiger partial charge in [0.15, 0.2) is 11.6 Å². The zero-order valence-corrected chi connectivity index (χ0v) is 16.7. The van der Waals surface area contributed by atoms with Crippen molar-refractivity contribution in [2.45, 2.75) is 64.2 Å². The van der Waals surface area contributed by atoms with E-state index in [1.807, 2.05) is 0 Å². The predicted molar refractivity (Wildman–Crippen MR) is 106 cm³/mol. The third-order valence-electron chi connectivity index (χ3n) is 7.20. The molecular formula is C24H29F3O. The van der Waals surface area contributed by atoms with Gasteiger partial charge in [-0.1, -0.05) is 38.3 Å². The van der Waals surface area contributed by atoms with Crippen molar-refractivity contribution in [2.75, 3.05) is 7.11 Å². The SMILES string of the molecule is CCCC1CCC2C[C@H](c3ccc4cc(OC)c(F)c(F)c4c3F)CC[C@@H]2C1. The van der Waals surface area contributed by atoms with Gasteiger partial charge in [0.1, 0.15) is 5.82 Å². The van der Waals surface area contributed by atoms with Crippen molar-refractivity contribution in [1.29, 1.82) is 0 Å². The normalized spacial score (nSPS) is 27.6. The summed E-state index contributed by atoms with van der Waals surface area (Å²) in [5, 5.41) is 0.0929. The summed E-state index contributed by atoms with van der Waals surface area (Å²) in [5.74, 6) is -0.722. The van der Waals surface area contributed by atoms with Crippen molar-refractivity contribution >= 4 is 10.8 Å². The lowest BCUT2D eigenvalue weighted by atomic mass is 9.63. The van der Waals surface area contributed by atoms with Crippen molar-refractivity contribution in [2.24, 2.45) is 17.8 Å². The topological polar surface area (TPSA) is 9.23 Å². The predicted octanol–water partition coefficient (Wildman–Crippen LogP) is 7.37. The molecule has 0 N–H and O–H groups in total. The molecule has 2 aromatic rings. The van der Waals surface area contributed by atoms with Crippen LogP contribution in [0, 0.1) is 35.2 Å². The zero-order valence-electron chi connectivity index (χ0n) is 16.7. The lowest BCUT2D eigenvalue weighted by molar-refractivity contribution is 0.113. The molecule has 0 radical (unpaired) electrons. The lowest BCUT2D eigenvalue weighted by Gasteiger charge is -2.42. The molecule has 28 heavy (non-hydrogen) atoms. The Morgan fingerprint density at radius 2 is 1.68 bits per heavy atom. The lowest BCUT2D eigenvalue weighted by Crippen LogP contribution is -2.30. The fourth-order valence-corrected chi connectivity index (χ4v) is 5.78. The minimum Gasteiger partial charge on any atom is -0.494 e. The van der Waals surface area contributed by atoms with E-state index in [-0.39, 0.29) is 17.1 Å². The minimum absolute atomic E-state index is 0.0953. The standard InChI is InChI=1S/C24H29F3O/c1-3-4-14-5-6-16-12-17(8-7-15(16)11-14)19-10-9-18-13-20(28-2)23(26)24(27)21(18)22(19)25/h9-10,13-17H,3-8,11-12H2,1-2H3/t14?,15-,16?,17-/m1/s1. The molecule has 2 aromatic carbocycles. The van der Waals surface area contributed by atoms with Crippen LogP contribution in [-0.2, 0) is 0 Å². The molecule has 0 heterocycles. The van der Waals surface area contributed by atoms with E-state index < -0.39 is 17.5 Å². The largest absolute Gasteiger partial charge is 0.494 e. The van der Waals surface area contributed by atoms with Crippen LogP contribution in [0.5, 0.6) is 5.75 Å². The van der Waals surface area contributed by atoms with Gasteiger partial charge in [-0.2, -0.15) is 4.39 Å². The van der Waals surface area contributed by atoms with E-state index in [1.165, 1.54) is 45.3 Å². The average molecular weight is 390 g/mol. The molecule has 4 rings (SSSR count). The number of hydrogen-bond acceptors (Lipinski definition) is 1. The van der Waals surface area contributed by atoms with Gasteiger partial charge < -0.3 is 4.74 Å². The first-order chi connectivity index (χ1) is 13.5. The summed E-state index contributed by atoms with van der Waals surface area (Å²) in [5.41, 5.74) is 0.546. The molecule has 1 nitrogen and oxygen atoms in total. The Morgan fingerprint density at radius 3 is 2.43 bits per heavy atom. The minimum atomic E-state index is -1.15. The second-order valence-electron chi connectivity index (χ2n) is 8.77. The van der Waals surface area contributed by atoms with Gasteiger partial charge >= 0.3 is 0 Å². The Labute approximate surface area is 165 Å². The molecule has 4 atom stereocenters. The molecule has 0 bridgehead atoms. The summed E-state index contributed by atoms with van der Waals surface area (Å²) in [6, 6.07) is 4.83. The molecular weight excluding hydrogens is 361 g/mol. The quantitative estimate of drug-likeness (QED) is 0.530. The molecule has 4 heteroatoms. The van der Waals surface area contributed by atoms with Gasteiger partial charge in [0, 0.05) is 0 Å². The Bertz CT molecular complexity index is 863. The third kappa shape index (κ3) is 3.40. The molecule has 2 fully saturated rings. The van der Waals surface area contributed by atoms with Gasteiger partial charge in [0.2, 0.25) is 5.82 Å². The van der Waals surface area contributed by atoms with Crippen LogP contribution < -0.4 is 4.74 Å². The highest BCUT2D eigenvalue weighted by atomic mass is 19.2. The van der Waals surface area contributed by atoms with Gasteiger partial charge in [-0.05, 0) is 72.8 Å². The Kier molecular flexibility index (Phi) is 5.57. The van der Waals surface area contributed by atoms with E-state index in [1.54, 1.807) is 12.1 Å². The molecule has 0 aliphatic heterocycles. The van der Waals surface area contributed by atoms with Crippen molar-refractivity contribution in [3.63, 3.8) is 0 Å². The smallest absolute Gasteiger partial charge is 0.201 e. The van der Waals surface area contributed by atoms with Gasteiger partial charge in [-0.3, -0.25) is 0 Å². The van der Waals surface area contributed by atoms with Gasteiger partial charge in [-0.25, -0.2) is 8.78 Å². The first-order valence-corrected chi connectivity index (χ1v) is 10.7. The first-order valence-electron chi connectivity index (χ1n) is 10.7. The number of methoxy groups -OCH3 is 1. The number of benzene rings is 2. The van der Waals surface area contributed by atoms with E-state index >= 15 is 4.39 Å². The molecule has 0 amide bonds. The van der Waals surface area contributed by atoms with Crippen molar-refractivity contribution in [1.82, 2.24) is 0 Å². The number of fused-ring (bicyclic) bond motifs is 2. The van der Waals surface area contributed by atoms with E-state index in [9.17, 15) is 8.78 Å². The van der Waals surface area contributed by atoms with Crippen LogP contribution in [-0.4, -0.2) is 7.11 Å². The maximum absolute atomic E-state index is 15.3. The maximum atomic E-state index is 15.3. The molecule has 0 spiro atoms. The summed E-state index contributed by atoms with van der Waals surface area (Å²) < 4.78 is 48.8. The Morgan fingerprint density at radius 1 is 0.929 bits per heavy atom. The molecule has 2 aliphatic rings. The summed E-state index contributed by atoms with van der Waals surface area (Å²) in [6.45, 7) is 2.25. The Hall–Kier alpha value is -1.71. The van der Waals surface area contributed by atoms with Crippen LogP contribution in [0.1, 0.15) is 69.8 Å². The fraction of sp³-hybridized carbons (Fsp3) is 0.583. The van der Waals surface area contributed by atoms with Crippen LogP contribution in [0.25, 0.3) is 10.8 Å². The zero-order chi connectivity index (χ0) is 19.8. The summed E-state index contributed by atoms with van der Waals surface area (Å²) in [7, 11) is 1.28. The summed E-state index contributed by atoms with van der Waals surface area (Å²) >= 11 is 0. The number of hydrogen-bond donors (Lipinski definition) is 0. The highest BCUT2D eigenvalue weighted by Crippen LogP contribution is 2.49. The highest BCUT2D eigenvalue weighted by molar-refractivity contribution is 5.86. The molecule has 2 saturated carbocycles.